The lowest BCUT2D eigenvalue weighted by atomic mass is 10.1. The van der Waals surface area contributed by atoms with Crippen LogP contribution in [-0.4, -0.2) is 35.7 Å². The van der Waals surface area contributed by atoms with Crippen LogP contribution in [0.2, 0.25) is 0 Å². The molecule has 7 heteroatoms. The first kappa shape index (κ1) is 33.8. The van der Waals surface area contributed by atoms with Gasteiger partial charge in [0, 0.05) is 0 Å². The highest BCUT2D eigenvalue weighted by atomic mass is 17.2. The van der Waals surface area contributed by atoms with Crippen LogP contribution in [0, 0.1) is 0 Å². The molecule has 0 aliphatic carbocycles. The van der Waals surface area contributed by atoms with Gasteiger partial charge in [0.2, 0.25) is 0 Å². The van der Waals surface area contributed by atoms with E-state index in [4.69, 9.17) is 20.0 Å². The summed E-state index contributed by atoms with van der Waals surface area (Å²) in [7, 11) is 0. The van der Waals surface area contributed by atoms with Crippen molar-refractivity contribution in [2.75, 3.05) is 13.2 Å². The van der Waals surface area contributed by atoms with Gasteiger partial charge in [0.1, 0.15) is 0 Å². The number of hydrogen-bond donors (Lipinski definition) is 2. The van der Waals surface area contributed by atoms with Crippen molar-refractivity contribution in [2.24, 2.45) is 0 Å². The van der Waals surface area contributed by atoms with E-state index in [0.29, 0.717) is 0 Å². The average molecular weight is 477 g/mol. The molecule has 0 bridgehead atoms. The fraction of sp³-hybridized carbons (Fsp3) is 0.923. The van der Waals surface area contributed by atoms with Gasteiger partial charge in [-0.15, -0.1) is 0 Å². The zero-order valence-corrected chi connectivity index (χ0v) is 21.5. The van der Waals surface area contributed by atoms with Gasteiger partial charge in [0.15, 0.2) is 0 Å². The fourth-order valence-corrected chi connectivity index (χ4v) is 3.49. The lowest BCUT2D eigenvalue weighted by molar-refractivity contribution is -0.295. The number of rotatable bonds is 23. The van der Waals surface area contributed by atoms with E-state index in [2.05, 4.69) is 18.6 Å². The van der Waals surface area contributed by atoms with Crippen LogP contribution in [0.15, 0.2) is 0 Å². The van der Waals surface area contributed by atoms with Crippen molar-refractivity contribution < 1.29 is 34.3 Å². The van der Waals surface area contributed by atoms with Gasteiger partial charge >= 0.3 is 12.3 Å². The Bertz CT molecular complexity index is 366. The van der Waals surface area contributed by atoms with E-state index in [0.717, 1.165) is 26.1 Å². The third-order valence-electron chi connectivity index (χ3n) is 5.42. The molecule has 0 heterocycles. The molecule has 0 saturated carbocycles. The van der Waals surface area contributed by atoms with Gasteiger partial charge < -0.3 is 14.9 Å². The first-order valence-electron chi connectivity index (χ1n) is 13.4. The van der Waals surface area contributed by atoms with Crippen molar-refractivity contribution in [2.45, 2.75) is 142 Å². The third kappa shape index (κ3) is 38.2. The molecule has 0 aliphatic heterocycles. The second-order valence-corrected chi connectivity index (χ2v) is 8.64. The molecule has 0 saturated heterocycles. The van der Waals surface area contributed by atoms with E-state index in [-0.39, 0.29) is 0 Å². The van der Waals surface area contributed by atoms with Crippen molar-refractivity contribution in [3.05, 3.63) is 0 Å². The number of hydrogen-bond acceptors (Lipinski definition) is 5. The molecular formula is C26H52O7. The largest absolute Gasteiger partial charge is 0.516 e. The van der Waals surface area contributed by atoms with E-state index >= 15 is 0 Å². The summed E-state index contributed by atoms with van der Waals surface area (Å²) in [6.45, 7) is 6.11. The Hall–Kier alpha value is -1.34. The van der Waals surface area contributed by atoms with Crippen LogP contribution >= 0.6 is 0 Å². The van der Waals surface area contributed by atoms with Crippen molar-refractivity contribution in [1.82, 2.24) is 0 Å². The Kier molecular flexibility index (Phi) is 31.4. The molecule has 0 aromatic rings. The fourth-order valence-electron chi connectivity index (χ4n) is 3.49. The van der Waals surface area contributed by atoms with E-state index in [1.165, 1.54) is 116 Å². The molecule has 7 nitrogen and oxygen atoms in total. The van der Waals surface area contributed by atoms with Crippen LogP contribution in [0.5, 0.6) is 0 Å². The molecule has 0 spiro atoms. The minimum absolute atomic E-state index is 0.772. The second-order valence-electron chi connectivity index (χ2n) is 8.64. The molecule has 198 valence electrons. The lowest BCUT2D eigenvalue weighted by Gasteiger charge is -2.05. The van der Waals surface area contributed by atoms with E-state index < -0.39 is 12.3 Å². The lowest BCUT2D eigenvalue weighted by Crippen LogP contribution is -2.05. The van der Waals surface area contributed by atoms with Gasteiger partial charge in [-0.25, -0.2) is 19.4 Å². The molecule has 0 aromatic carbocycles. The molecule has 0 unspecified atom stereocenters. The molecule has 0 fully saturated rings. The monoisotopic (exact) mass is 476 g/mol. The first-order valence-corrected chi connectivity index (χ1v) is 13.4. The zero-order valence-electron chi connectivity index (χ0n) is 21.5. The van der Waals surface area contributed by atoms with Crippen LogP contribution in [-0.2, 0) is 14.5 Å². The molecular weight excluding hydrogens is 424 g/mol. The summed E-state index contributed by atoms with van der Waals surface area (Å²) < 4.78 is 3.08. The van der Waals surface area contributed by atoms with Crippen molar-refractivity contribution in [3.63, 3.8) is 0 Å². The van der Waals surface area contributed by atoms with Crippen molar-refractivity contribution >= 4 is 12.3 Å². The maximum absolute atomic E-state index is 9.21. The van der Waals surface area contributed by atoms with E-state index in [1.807, 2.05) is 0 Å². The molecule has 0 radical (unpaired) electrons. The first-order chi connectivity index (χ1) is 16.0. The molecule has 0 aromatic heterocycles. The molecule has 0 amide bonds. The van der Waals surface area contributed by atoms with Gasteiger partial charge in [-0.1, -0.05) is 129 Å². The quantitative estimate of drug-likeness (QED) is 0.0498. The number of carbonyl (C=O) groups is 2. The topological polar surface area (TPSA) is 102 Å². The van der Waals surface area contributed by atoms with Gasteiger partial charge in [0.25, 0.3) is 0 Å². The van der Waals surface area contributed by atoms with Crippen molar-refractivity contribution in [3.8, 4) is 0 Å². The normalized spacial score (nSPS) is 10.5. The Morgan fingerprint density at radius 3 is 0.909 bits per heavy atom. The van der Waals surface area contributed by atoms with Gasteiger partial charge in [-0.3, -0.25) is 0 Å². The highest BCUT2D eigenvalue weighted by molar-refractivity contribution is 5.74. The van der Waals surface area contributed by atoms with E-state index in [9.17, 15) is 9.59 Å². The van der Waals surface area contributed by atoms with Crippen LogP contribution < -0.4 is 0 Å². The number of ether oxygens (including phenoxy) is 1. The van der Waals surface area contributed by atoms with Gasteiger partial charge in [-0.2, -0.15) is 0 Å². The maximum Gasteiger partial charge on any atom is 0.516 e. The van der Waals surface area contributed by atoms with Gasteiger partial charge in [0.05, 0.1) is 13.2 Å². The Labute approximate surface area is 202 Å². The third-order valence-corrected chi connectivity index (χ3v) is 5.42. The van der Waals surface area contributed by atoms with Crippen LogP contribution in [0.3, 0.4) is 0 Å². The predicted molar refractivity (Wildman–Crippen MR) is 133 cm³/mol. The summed E-state index contributed by atoms with van der Waals surface area (Å²) in [6.07, 6.45) is 23.7. The summed E-state index contributed by atoms with van der Waals surface area (Å²) in [4.78, 5) is 29.0. The Morgan fingerprint density at radius 1 is 0.455 bits per heavy atom. The summed E-state index contributed by atoms with van der Waals surface area (Å²) in [6, 6.07) is 0. The van der Waals surface area contributed by atoms with Crippen molar-refractivity contribution in [1.29, 1.82) is 0 Å². The molecule has 0 atom stereocenters. The average Bonchev–Trinajstić information content (AvgIpc) is 2.77. The standard InChI is InChI=1S/C24H50O2.C2H2O5/c1-3-5-7-9-11-13-15-17-19-21-23-25-26-24-22-20-18-16-14-12-10-8-6-4-2;3-1(4)7-2(5)6/h3-24H2,1-2H3;(H,3,4)(H,5,6). The summed E-state index contributed by atoms with van der Waals surface area (Å²) in [5, 5.41) is 15.0. The zero-order chi connectivity index (χ0) is 24.8. The second kappa shape index (κ2) is 30.7. The van der Waals surface area contributed by atoms with Crippen LogP contribution in [0.1, 0.15) is 142 Å². The highest BCUT2D eigenvalue weighted by Crippen LogP contribution is 2.11. The SMILES string of the molecule is CCCCCCCCCCCCOOCCCCCCCCCCCC.O=C(O)OC(=O)O. The minimum Gasteiger partial charge on any atom is -0.449 e. The minimum atomic E-state index is -1.81. The maximum atomic E-state index is 9.21. The molecule has 2 N–H and O–H groups in total. The molecule has 0 aliphatic rings. The molecule has 0 rings (SSSR count). The number of carboxylic acid groups (broad SMARTS) is 2. The summed E-state index contributed by atoms with van der Waals surface area (Å²) >= 11 is 0. The Balaban J connectivity index is 0. The summed E-state index contributed by atoms with van der Waals surface area (Å²) in [5.41, 5.74) is 0. The summed E-state index contributed by atoms with van der Waals surface area (Å²) in [5.74, 6) is 0. The highest BCUT2D eigenvalue weighted by Gasteiger charge is 2.01. The number of unbranched alkanes of at least 4 members (excludes halogenated alkanes) is 18. The molecule has 33 heavy (non-hydrogen) atoms. The van der Waals surface area contributed by atoms with Gasteiger partial charge in [-0.05, 0) is 12.8 Å². The van der Waals surface area contributed by atoms with E-state index in [1.54, 1.807) is 0 Å². The smallest absolute Gasteiger partial charge is 0.449 e. The predicted octanol–water partition coefficient (Wildman–Crippen LogP) is 9.14. The van der Waals surface area contributed by atoms with Crippen LogP contribution in [0.25, 0.3) is 0 Å². The Morgan fingerprint density at radius 2 is 0.697 bits per heavy atom. The van der Waals surface area contributed by atoms with Crippen LogP contribution in [0.4, 0.5) is 9.59 Å².